The zero-order valence-electron chi connectivity index (χ0n) is 19.0. The summed E-state index contributed by atoms with van der Waals surface area (Å²) in [7, 11) is 1.31. The third kappa shape index (κ3) is 5.77. The number of benzene rings is 2. The minimum Gasteiger partial charge on any atom is -0.466 e. The van der Waals surface area contributed by atoms with Gasteiger partial charge in [-0.05, 0) is 47.5 Å². The molecule has 3 aromatic rings. The van der Waals surface area contributed by atoms with Gasteiger partial charge in [0.15, 0.2) is 0 Å². The largest absolute Gasteiger partial charge is 0.466 e. The number of rotatable bonds is 6. The van der Waals surface area contributed by atoms with Crippen LogP contribution in [0.25, 0.3) is 6.08 Å². The Kier molecular flexibility index (Phi) is 7.16. The van der Waals surface area contributed by atoms with Gasteiger partial charge in [0.2, 0.25) is 0 Å². The summed E-state index contributed by atoms with van der Waals surface area (Å²) in [6.45, 7) is 0.220. The second-order valence-electron chi connectivity index (χ2n) is 8.01. The number of anilines is 1. The molecule has 1 amide bonds. The van der Waals surface area contributed by atoms with Crippen LogP contribution in [-0.4, -0.2) is 29.0 Å². The molecule has 0 bridgehead atoms. The lowest BCUT2D eigenvalue weighted by Gasteiger charge is -2.12. The van der Waals surface area contributed by atoms with Crippen molar-refractivity contribution in [3.63, 3.8) is 0 Å². The Hall–Kier alpha value is -4.05. The summed E-state index contributed by atoms with van der Waals surface area (Å²) in [4.78, 5) is 29.0. The van der Waals surface area contributed by atoms with Crippen molar-refractivity contribution in [1.82, 2.24) is 10.3 Å². The fourth-order valence-electron chi connectivity index (χ4n) is 3.68. The molecule has 1 aromatic heterocycles. The topological polar surface area (TPSA) is 80.3 Å². The van der Waals surface area contributed by atoms with Crippen LogP contribution in [-0.2, 0) is 28.7 Å². The maximum atomic E-state index is 13.0. The maximum absolute atomic E-state index is 13.0. The van der Waals surface area contributed by atoms with Crippen LogP contribution in [0.5, 0.6) is 0 Å². The number of carbonyl (C=O) groups excluding carboxylic acids is 2. The van der Waals surface area contributed by atoms with E-state index in [4.69, 9.17) is 17.0 Å². The van der Waals surface area contributed by atoms with Gasteiger partial charge in [-0.2, -0.15) is 13.2 Å². The van der Waals surface area contributed by atoms with Crippen molar-refractivity contribution in [2.45, 2.75) is 19.1 Å². The Labute approximate surface area is 210 Å². The quantitative estimate of drug-likeness (QED) is 0.361. The Morgan fingerprint density at radius 2 is 1.83 bits per heavy atom. The molecule has 0 aliphatic heterocycles. The summed E-state index contributed by atoms with van der Waals surface area (Å²) in [6, 6.07) is 13.3. The SMILES string of the molecule is COC(=O)C1=Cc2cc(NC(=O)c3cccc(CNC(=S)c4cccc(C(F)(F)F)c4)c3)cnc2C1. The average molecular weight is 512 g/mol. The van der Waals surface area contributed by atoms with E-state index in [-0.39, 0.29) is 23.0 Å². The minimum absolute atomic E-state index is 0.166. The van der Waals surface area contributed by atoms with Gasteiger partial charge in [-0.25, -0.2) is 4.79 Å². The zero-order valence-corrected chi connectivity index (χ0v) is 19.8. The number of ether oxygens (including phenoxy) is 1. The number of hydrogen-bond donors (Lipinski definition) is 2. The molecule has 0 saturated carbocycles. The van der Waals surface area contributed by atoms with Crippen LogP contribution in [0.1, 0.15) is 38.3 Å². The van der Waals surface area contributed by atoms with E-state index in [1.54, 1.807) is 36.4 Å². The Balaban J connectivity index is 1.40. The van der Waals surface area contributed by atoms with E-state index in [1.807, 2.05) is 0 Å². The van der Waals surface area contributed by atoms with Crippen LogP contribution in [0, 0.1) is 0 Å². The fourth-order valence-corrected chi connectivity index (χ4v) is 3.88. The molecule has 1 aliphatic rings. The molecule has 2 aromatic carbocycles. The van der Waals surface area contributed by atoms with Crippen molar-refractivity contribution in [2.24, 2.45) is 0 Å². The molecule has 2 N–H and O–H groups in total. The fraction of sp³-hybridized carbons (Fsp3) is 0.154. The van der Waals surface area contributed by atoms with E-state index in [0.29, 0.717) is 23.2 Å². The summed E-state index contributed by atoms with van der Waals surface area (Å²) >= 11 is 5.25. The number of esters is 1. The number of aromatic nitrogens is 1. The number of thiocarbonyl (C=S) groups is 1. The normalized spacial score (nSPS) is 12.4. The van der Waals surface area contributed by atoms with Crippen molar-refractivity contribution in [3.8, 4) is 0 Å². The second-order valence-corrected chi connectivity index (χ2v) is 8.42. The molecule has 4 rings (SSSR count). The predicted molar refractivity (Wildman–Crippen MR) is 132 cm³/mol. The number of methoxy groups -OCH3 is 1. The number of carbonyl (C=O) groups is 2. The first-order valence-electron chi connectivity index (χ1n) is 10.8. The highest BCUT2D eigenvalue weighted by atomic mass is 32.1. The molecule has 0 atom stereocenters. The predicted octanol–water partition coefficient (Wildman–Crippen LogP) is 4.93. The zero-order chi connectivity index (χ0) is 25.9. The van der Waals surface area contributed by atoms with Crippen LogP contribution >= 0.6 is 12.2 Å². The standard InChI is InChI=1S/C26H20F3N3O3S/c1-35-25(34)19-9-18-11-21(14-30-22(18)12-19)32-23(33)16-5-2-4-15(8-16)13-31-24(36)17-6-3-7-20(10-17)26(27,28)29/h2-11,14H,12-13H2,1H3,(H,31,36)(H,32,33). The van der Waals surface area contributed by atoms with Crippen LogP contribution in [0.3, 0.4) is 0 Å². The molecule has 1 aliphatic carbocycles. The van der Waals surface area contributed by atoms with E-state index in [1.165, 1.54) is 25.4 Å². The van der Waals surface area contributed by atoms with Gasteiger partial charge in [-0.15, -0.1) is 0 Å². The number of hydrogen-bond acceptors (Lipinski definition) is 5. The van der Waals surface area contributed by atoms with Crippen molar-refractivity contribution < 1.29 is 27.5 Å². The van der Waals surface area contributed by atoms with Gasteiger partial charge in [-0.1, -0.05) is 36.5 Å². The molecule has 0 radical (unpaired) electrons. The Morgan fingerprint density at radius 3 is 2.58 bits per heavy atom. The van der Waals surface area contributed by atoms with Crippen LogP contribution in [0.4, 0.5) is 18.9 Å². The molecule has 10 heteroatoms. The van der Waals surface area contributed by atoms with E-state index < -0.39 is 17.7 Å². The molecule has 184 valence electrons. The molecule has 0 saturated heterocycles. The van der Waals surface area contributed by atoms with Gasteiger partial charge in [0, 0.05) is 29.7 Å². The van der Waals surface area contributed by atoms with Crippen molar-refractivity contribution in [2.75, 3.05) is 12.4 Å². The maximum Gasteiger partial charge on any atom is 0.416 e. The highest BCUT2D eigenvalue weighted by molar-refractivity contribution is 7.80. The highest BCUT2D eigenvalue weighted by Gasteiger charge is 2.30. The number of amides is 1. The van der Waals surface area contributed by atoms with E-state index in [9.17, 15) is 22.8 Å². The first-order valence-corrected chi connectivity index (χ1v) is 11.2. The van der Waals surface area contributed by atoms with Gasteiger partial charge >= 0.3 is 12.1 Å². The Morgan fingerprint density at radius 1 is 1.08 bits per heavy atom. The lowest BCUT2D eigenvalue weighted by atomic mass is 10.1. The Bertz CT molecular complexity index is 1390. The van der Waals surface area contributed by atoms with Gasteiger partial charge in [0.25, 0.3) is 5.91 Å². The van der Waals surface area contributed by atoms with E-state index in [0.717, 1.165) is 29.0 Å². The first-order chi connectivity index (χ1) is 17.1. The summed E-state index contributed by atoms with van der Waals surface area (Å²) in [6.07, 6.45) is -0.887. The molecule has 0 fully saturated rings. The molecule has 0 unspecified atom stereocenters. The van der Waals surface area contributed by atoms with E-state index >= 15 is 0 Å². The number of fused-ring (bicyclic) bond motifs is 1. The summed E-state index contributed by atoms with van der Waals surface area (Å²) in [5.41, 5.74) is 2.98. The number of alkyl halides is 3. The highest BCUT2D eigenvalue weighted by Crippen LogP contribution is 2.30. The van der Waals surface area contributed by atoms with Gasteiger partial charge < -0.3 is 15.4 Å². The number of pyridine rings is 1. The molecule has 6 nitrogen and oxygen atoms in total. The number of nitrogens with one attached hydrogen (secondary N) is 2. The summed E-state index contributed by atoms with van der Waals surface area (Å²) in [5.74, 6) is -0.786. The molecule has 0 spiro atoms. The third-order valence-electron chi connectivity index (χ3n) is 5.49. The molecule has 36 heavy (non-hydrogen) atoms. The lowest BCUT2D eigenvalue weighted by molar-refractivity contribution is -0.138. The molecule has 1 heterocycles. The van der Waals surface area contributed by atoms with E-state index in [2.05, 4.69) is 15.6 Å². The smallest absolute Gasteiger partial charge is 0.416 e. The van der Waals surface area contributed by atoms with Gasteiger partial charge in [-0.3, -0.25) is 9.78 Å². The second kappa shape index (κ2) is 10.3. The lowest BCUT2D eigenvalue weighted by Crippen LogP contribution is -2.22. The number of halogens is 3. The summed E-state index contributed by atoms with van der Waals surface area (Å²) < 4.78 is 43.6. The van der Waals surface area contributed by atoms with Gasteiger partial charge in [0.1, 0.15) is 4.99 Å². The minimum atomic E-state index is -4.46. The number of nitrogens with zero attached hydrogens (tertiary/aromatic N) is 1. The monoisotopic (exact) mass is 511 g/mol. The van der Waals surface area contributed by atoms with Crippen molar-refractivity contribution in [3.05, 3.63) is 99.9 Å². The van der Waals surface area contributed by atoms with Crippen LogP contribution in [0.2, 0.25) is 0 Å². The third-order valence-corrected chi connectivity index (χ3v) is 5.87. The van der Waals surface area contributed by atoms with Gasteiger partial charge in [0.05, 0.1) is 30.3 Å². The first kappa shape index (κ1) is 25.1. The molecular formula is C26H20F3N3O3S. The summed E-state index contributed by atoms with van der Waals surface area (Å²) in [5, 5.41) is 5.72. The van der Waals surface area contributed by atoms with Crippen LogP contribution < -0.4 is 10.6 Å². The van der Waals surface area contributed by atoms with Crippen LogP contribution in [0.15, 0.2) is 66.4 Å². The van der Waals surface area contributed by atoms with Crippen molar-refractivity contribution in [1.29, 1.82) is 0 Å². The average Bonchev–Trinajstić information content (AvgIpc) is 3.30. The van der Waals surface area contributed by atoms with Crippen molar-refractivity contribution >= 4 is 40.8 Å². The molecular weight excluding hydrogens is 491 g/mol.